The zero-order chi connectivity index (χ0) is 20.1. The smallest absolute Gasteiger partial charge is 0.222 e. The maximum Gasteiger partial charge on any atom is 0.222 e. The quantitative estimate of drug-likeness (QED) is 0.634. The van der Waals surface area contributed by atoms with E-state index in [4.69, 9.17) is 4.98 Å². The standard InChI is InChI=1S/C25H27N3O/c1-19-7-5-10-21(17-19)24-25(27-15-14-26-24)22-11-6-16-28(18-22)23(29)13-12-20-8-3-2-4-9-20/h2-5,7-10,14-15,17,22H,6,11-13,16,18H2,1H3/t22-/m1/s1. The molecule has 1 atom stereocenters. The number of likely N-dealkylation sites (tertiary alicyclic amines) is 1. The fourth-order valence-corrected chi connectivity index (χ4v) is 4.14. The first-order valence-corrected chi connectivity index (χ1v) is 10.4. The minimum atomic E-state index is 0.230. The molecule has 0 N–H and O–H groups in total. The lowest BCUT2D eigenvalue weighted by Crippen LogP contribution is -2.39. The highest BCUT2D eigenvalue weighted by Crippen LogP contribution is 2.32. The second-order valence-electron chi connectivity index (χ2n) is 7.82. The van der Waals surface area contributed by atoms with Gasteiger partial charge in [-0.3, -0.25) is 14.8 Å². The molecule has 0 bridgehead atoms. The summed E-state index contributed by atoms with van der Waals surface area (Å²) in [6, 6.07) is 18.6. The van der Waals surface area contributed by atoms with Crippen LogP contribution in [0.2, 0.25) is 0 Å². The number of hydrogen-bond donors (Lipinski definition) is 0. The van der Waals surface area contributed by atoms with Gasteiger partial charge in [-0.05, 0) is 37.8 Å². The van der Waals surface area contributed by atoms with Gasteiger partial charge in [-0.15, -0.1) is 0 Å². The number of carbonyl (C=O) groups excluding carboxylic acids is 1. The van der Waals surface area contributed by atoms with Crippen LogP contribution in [0.15, 0.2) is 67.0 Å². The van der Waals surface area contributed by atoms with Gasteiger partial charge in [0, 0.05) is 43.4 Å². The largest absolute Gasteiger partial charge is 0.342 e. The highest BCUT2D eigenvalue weighted by Gasteiger charge is 2.27. The first-order chi connectivity index (χ1) is 14.2. The van der Waals surface area contributed by atoms with Gasteiger partial charge in [-0.1, -0.05) is 54.1 Å². The van der Waals surface area contributed by atoms with E-state index in [0.29, 0.717) is 6.42 Å². The van der Waals surface area contributed by atoms with E-state index in [1.54, 1.807) is 12.4 Å². The molecule has 0 unspecified atom stereocenters. The maximum absolute atomic E-state index is 12.8. The molecule has 29 heavy (non-hydrogen) atoms. The van der Waals surface area contributed by atoms with Gasteiger partial charge in [0.2, 0.25) is 5.91 Å². The summed E-state index contributed by atoms with van der Waals surface area (Å²) in [5, 5.41) is 0. The summed E-state index contributed by atoms with van der Waals surface area (Å²) in [7, 11) is 0. The Labute approximate surface area is 172 Å². The van der Waals surface area contributed by atoms with E-state index in [9.17, 15) is 4.79 Å². The third kappa shape index (κ3) is 4.70. The van der Waals surface area contributed by atoms with E-state index in [2.05, 4.69) is 48.3 Å². The van der Waals surface area contributed by atoms with E-state index in [-0.39, 0.29) is 11.8 Å². The molecule has 0 spiro atoms. The third-order valence-electron chi connectivity index (χ3n) is 5.65. The Bertz CT molecular complexity index is 971. The molecule has 1 aromatic heterocycles. The van der Waals surface area contributed by atoms with Crippen molar-refractivity contribution in [2.45, 2.75) is 38.5 Å². The lowest BCUT2D eigenvalue weighted by Gasteiger charge is -2.33. The summed E-state index contributed by atoms with van der Waals surface area (Å²) in [6.45, 7) is 3.66. The van der Waals surface area contributed by atoms with E-state index >= 15 is 0 Å². The van der Waals surface area contributed by atoms with E-state index < -0.39 is 0 Å². The minimum absolute atomic E-state index is 0.230. The summed E-state index contributed by atoms with van der Waals surface area (Å²) in [5.74, 6) is 0.466. The van der Waals surface area contributed by atoms with Crippen molar-refractivity contribution in [1.29, 1.82) is 0 Å². The van der Waals surface area contributed by atoms with Crippen LogP contribution < -0.4 is 0 Å². The Kier molecular flexibility index (Phi) is 5.99. The highest BCUT2D eigenvalue weighted by atomic mass is 16.2. The molecule has 1 aliphatic heterocycles. The fourth-order valence-electron chi connectivity index (χ4n) is 4.14. The molecule has 0 saturated carbocycles. The van der Waals surface area contributed by atoms with Gasteiger partial charge in [-0.2, -0.15) is 0 Å². The second-order valence-corrected chi connectivity index (χ2v) is 7.82. The Morgan fingerprint density at radius 2 is 1.90 bits per heavy atom. The van der Waals surface area contributed by atoms with Gasteiger partial charge in [0.05, 0.1) is 11.4 Å². The average molecular weight is 386 g/mol. The highest BCUT2D eigenvalue weighted by molar-refractivity contribution is 5.76. The Morgan fingerprint density at radius 1 is 1.07 bits per heavy atom. The van der Waals surface area contributed by atoms with Crippen molar-refractivity contribution in [1.82, 2.24) is 14.9 Å². The molecule has 2 heterocycles. The molecule has 4 rings (SSSR count). The Hall–Kier alpha value is -3.01. The number of amides is 1. The Balaban J connectivity index is 1.48. The van der Waals surface area contributed by atoms with Gasteiger partial charge in [0.15, 0.2) is 0 Å². The predicted molar refractivity (Wildman–Crippen MR) is 116 cm³/mol. The Morgan fingerprint density at radius 3 is 2.72 bits per heavy atom. The van der Waals surface area contributed by atoms with Crippen LogP contribution in [0.3, 0.4) is 0 Å². The first-order valence-electron chi connectivity index (χ1n) is 10.4. The summed E-state index contributed by atoms with van der Waals surface area (Å²) < 4.78 is 0. The molecule has 0 radical (unpaired) electrons. The van der Waals surface area contributed by atoms with Crippen molar-refractivity contribution in [2.75, 3.05) is 13.1 Å². The molecule has 0 aliphatic carbocycles. The molecule has 2 aromatic carbocycles. The predicted octanol–water partition coefficient (Wildman–Crippen LogP) is 4.79. The van der Waals surface area contributed by atoms with Crippen LogP contribution >= 0.6 is 0 Å². The summed E-state index contributed by atoms with van der Waals surface area (Å²) in [6.07, 6.45) is 6.92. The lowest BCUT2D eigenvalue weighted by atomic mass is 9.91. The van der Waals surface area contributed by atoms with E-state index in [1.807, 2.05) is 23.1 Å². The molecule has 148 valence electrons. The van der Waals surface area contributed by atoms with Crippen molar-refractivity contribution in [3.8, 4) is 11.3 Å². The van der Waals surface area contributed by atoms with Crippen LogP contribution in [0.4, 0.5) is 0 Å². The molecule has 4 nitrogen and oxygen atoms in total. The van der Waals surface area contributed by atoms with Gasteiger partial charge >= 0.3 is 0 Å². The second kappa shape index (κ2) is 8.99. The SMILES string of the molecule is Cc1cccc(-c2nccnc2[C@@H]2CCCN(C(=O)CCc3ccccc3)C2)c1. The zero-order valence-corrected chi connectivity index (χ0v) is 16.9. The van der Waals surface area contributed by atoms with Gasteiger partial charge in [0.25, 0.3) is 0 Å². The number of carbonyl (C=O) groups is 1. The molecule has 1 amide bonds. The van der Waals surface area contributed by atoms with Gasteiger partial charge < -0.3 is 4.90 Å². The van der Waals surface area contributed by atoms with Crippen molar-refractivity contribution < 1.29 is 4.79 Å². The van der Waals surface area contributed by atoms with Crippen molar-refractivity contribution in [2.24, 2.45) is 0 Å². The summed E-state index contributed by atoms with van der Waals surface area (Å²) in [4.78, 5) is 24.2. The van der Waals surface area contributed by atoms with Crippen molar-refractivity contribution in [3.05, 3.63) is 83.8 Å². The van der Waals surface area contributed by atoms with Gasteiger partial charge in [-0.25, -0.2) is 0 Å². The first kappa shape index (κ1) is 19.3. The van der Waals surface area contributed by atoms with Crippen LogP contribution in [-0.4, -0.2) is 33.9 Å². The van der Waals surface area contributed by atoms with Crippen LogP contribution in [0, 0.1) is 6.92 Å². The molecular weight excluding hydrogens is 358 g/mol. The number of nitrogens with zero attached hydrogens (tertiary/aromatic N) is 3. The van der Waals surface area contributed by atoms with Crippen LogP contribution in [0.25, 0.3) is 11.3 Å². The average Bonchev–Trinajstić information content (AvgIpc) is 2.78. The zero-order valence-electron chi connectivity index (χ0n) is 16.9. The molecule has 3 aromatic rings. The number of rotatable bonds is 5. The fraction of sp³-hybridized carbons (Fsp3) is 0.320. The van der Waals surface area contributed by atoms with Gasteiger partial charge in [0.1, 0.15) is 0 Å². The monoisotopic (exact) mass is 385 g/mol. The number of benzene rings is 2. The number of piperidine rings is 1. The molecule has 4 heteroatoms. The van der Waals surface area contributed by atoms with Crippen LogP contribution in [-0.2, 0) is 11.2 Å². The molecule has 1 aliphatic rings. The summed E-state index contributed by atoms with van der Waals surface area (Å²) >= 11 is 0. The minimum Gasteiger partial charge on any atom is -0.342 e. The van der Waals surface area contributed by atoms with Crippen LogP contribution in [0.5, 0.6) is 0 Å². The van der Waals surface area contributed by atoms with Crippen molar-refractivity contribution in [3.63, 3.8) is 0 Å². The van der Waals surface area contributed by atoms with E-state index in [1.165, 1.54) is 11.1 Å². The summed E-state index contributed by atoms with van der Waals surface area (Å²) in [5.41, 5.74) is 5.48. The van der Waals surface area contributed by atoms with E-state index in [0.717, 1.165) is 49.3 Å². The topological polar surface area (TPSA) is 46.1 Å². The molecule has 1 fully saturated rings. The third-order valence-corrected chi connectivity index (χ3v) is 5.65. The number of aryl methyl sites for hydroxylation is 2. The van der Waals surface area contributed by atoms with Crippen molar-refractivity contribution >= 4 is 5.91 Å². The number of aromatic nitrogens is 2. The maximum atomic E-state index is 12.8. The molecule has 1 saturated heterocycles. The lowest BCUT2D eigenvalue weighted by molar-refractivity contribution is -0.132. The number of hydrogen-bond acceptors (Lipinski definition) is 3. The normalized spacial score (nSPS) is 16.6. The van der Waals surface area contributed by atoms with Crippen LogP contribution in [0.1, 0.15) is 42.0 Å². The molecular formula is C25H27N3O.